The zero-order valence-electron chi connectivity index (χ0n) is 17.7. The van der Waals surface area contributed by atoms with Crippen molar-refractivity contribution in [1.29, 1.82) is 0 Å². The Morgan fingerprint density at radius 2 is 1.71 bits per heavy atom. The summed E-state index contributed by atoms with van der Waals surface area (Å²) in [7, 11) is 3.26. The van der Waals surface area contributed by atoms with Crippen LogP contribution in [-0.2, 0) is 11.8 Å². The predicted octanol–water partition coefficient (Wildman–Crippen LogP) is 3.59. The number of nitrogens with one attached hydrogen (secondary N) is 1. The van der Waals surface area contributed by atoms with Crippen molar-refractivity contribution >= 4 is 17.5 Å². The largest absolute Gasteiger partial charge is 0.479 e. The fraction of sp³-hybridized carbons (Fsp3) is 0.292. The number of benzene rings is 2. The van der Waals surface area contributed by atoms with Gasteiger partial charge in [0.1, 0.15) is 5.56 Å². The van der Waals surface area contributed by atoms with Gasteiger partial charge >= 0.3 is 0 Å². The predicted molar refractivity (Wildman–Crippen MR) is 119 cm³/mol. The SMILES string of the molecule is COc1nn(C)cc1C(=O)N1CCC(C(=O)Nc2ccccc2-c2ccccc2)CC1. The molecular formula is C24H26N4O3. The van der Waals surface area contributed by atoms with Crippen LogP contribution in [-0.4, -0.2) is 46.7 Å². The molecule has 1 saturated heterocycles. The van der Waals surface area contributed by atoms with E-state index >= 15 is 0 Å². The van der Waals surface area contributed by atoms with E-state index in [1.165, 1.54) is 7.11 Å². The molecule has 2 heterocycles. The monoisotopic (exact) mass is 418 g/mol. The maximum Gasteiger partial charge on any atom is 0.260 e. The molecule has 1 N–H and O–H groups in total. The van der Waals surface area contributed by atoms with Crippen molar-refractivity contribution in [3.8, 4) is 17.0 Å². The third-order valence-corrected chi connectivity index (χ3v) is 5.64. The molecule has 1 aliphatic rings. The summed E-state index contributed by atoms with van der Waals surface area (Å²) in [6.45, 7) is 1.05. The number of likely N-dealkylation sites (tertiary alicyclic amines) is 1. The van der Waals surface area contributed by atoms with Gasteiger partial charge in [0.2, 0.25) is 11.8 Å². The highest BCUT2D eigenvalue weighted by Gasteiger charge is 2.30. The van der Waals surface area contributed by atoms with Crippen molar-refractivity contribution in [2.75, 3.05) is 25.5 Å². The van der Waals surface area contributed by atoms with Crippen molar-refractivity contribution in [3.63, 3.8) is 0 Å². The molecule has 2 aromatic carbocycles. The van der Waals surface area contributed by atoms with Gasteiger partial charge in [-0.2, -0.15) is 0 Å². The maximum atomic E-state index is 13.0. The number of para-hydroxylation sites is 1. The van der Waals surface area contributed by atoms with Gasteiger partial charge in [0.25, 0.3) is 5.91 Å². The molecule has 0 unspecified atom stereocenters. The molecule has 160 valence electrons. The molecule has 0 radical (unpaired) electrons. The van der Waals surface area contributed by atoms with E-state index in [1.807, 2.05) is 54.6 Å². The third kappa shape index (κ3) is 4.45. The molecule has 0 spiro atoms. The van der Waals surface area contributed by atoms with Crippen LogP contribution in [0.4, 0.5) is 5.69 Å². The molecule has 7 nitrogen and oxygen atoms in total. The molecule has 31 heavy (non-hydrogen) atoms. The van der Waals surface area contributed by atoms with E-state index in [0.29, 0.717) is 37.4 Å². The van der Waals surface area contributed by atoms with Crippen molar-refractivity contribution in [1.82, 2.24) is 14.7 Å². The Morgan fingerprint density at radius 1 is 1.03 bits per heavy atom. The number of ether oxygens (including phenoxy) is 1. The highest BCUT2D eigenvalue weighted by molar-refractivity contribution is 5.98. The van der Waals surface area contributed by atoms with Crippen molar-refractivity contribution in [3.05, 3.63) is 66.4 Å². The number of rotatable bonds is 5. The standard InChI is InChI=1S/C24H26N4O3/c1-27-16-20(23(26-27)31-2)24(30)28-14-12-18(13-15-28)22(29)25-21-11-7-6-10-19(21)17-8-4-3-5-9-17/h3-11,16,18H,12-15H2,1-2H3,(H,25,29). The number of piperidine rings is 1. The smallest absolute Gasteiger partial charge is 0.260 e. The van der Waals surface area contributed by atoms with Crippen LogP contribution in [0.5, 0.6) is 5.88 Å². The van der Waals surface area contributed by atoms with Gasteiger partial charge in [0, 0.05) is 43.5 Å². The fourth-order valence-electron chi connectivity index (χ4n) is 3.98. The molecule has 4 rings (SSSR count). The summed E-state index contributed by atoms with van der Waals surface area (Å²) >= 11 is 0. The van der Waals surface area contributed by atoms with Gasteiger partial charge in [0.05, 0.1) is 7.11 Å². The van der Waals surface area contributed by atoms with E-state index in [0.717, 1.165) is 16.8 Å². The van der Waals surface area contributed by atoms with Crippen LogP contribution in [0, 0.1) is 5.92 Å². The highest BCUT2D eigenvalue weighted by atomic mass is 16.5. The minimum absolute atomic E-state index is 0.00515. The average molecular weight is 418 g/mol. The summed E-state index contributed by atoms with van der Waals surface area (Å²) in [6, 6.07) is 17.8. The van der Waals surface area contributed by atoms with Crippen LogP contribution >= 0.6 is 0 Å². The lowest BCUT2D eigenvalue weighted by atomic mass is 9.95. The van der Waals surface area contributed by atoms with E-state index in [9.17, 15) is 9.59 Å². The van der Waals surface area contributed by atoms with Gasteiger partial charge in [0.15, 0.2) is 0 Å². The van der Waals surface area contributed by atoms with Crippen molar-refractivity contribution in [2.24, 2.45) is 13.0 Å². The number of carbonyl (C=O) groups excluding carboxylic acids is 2. The third-order valence-electron chi connectivity index (χ3n) is 5.64. The molecule has 7 heteroatoms. The summed E-state index contributed by atoms with van der Waals surface area (Å²) in [6.07, 6.45) is 2.90. The molecule has 1 aromatic heterocycles. The Bertz CT molecular complexity index is 1070. The number of aryl methyl sites for hydroxylation is 1. The number of methoxy groups -OCH3 is 1. The zero-order chi connectivity index (χ0) is 21.8. The molecule has 3 aromatic rings. The summed E-state index contributed by atoms with van der Waals surface area (Å²) in [5, 5.41) is 7.25. The first kappa shape index (κ1) is 20.7. The quantitative estimate of drug-likeness (QED) is 0.687. The van der Waals surface area contributed by atoms with Crippen LogP contribution < -0.4 is 10.1 Å². The average Bonchev–Trinajstić information content (AvgIpc) is 3.20. The highest BCUT2D eigenvalue weighted by Crippen LogP contribution is 2.29. The van der Waals surface area contributed by atoms with E-state index in [-0.39, 0.29) is 17.7 Å². The molecule has 1 fully saturated rings. The second kappa shape index (κ2) is 9.04. The number of anilines is 1. The summed E-state index contributed by atoms with van der Waals surface area (Å²) in [4.78, 5) is 27.6. The Morgan fingerprint density at radius 3 is 2.42 bits per heavy atom. The first-order valence-electron chi connectivity index (χ1n) is 10.4. The number of hydrogen-bond acceptors (Lipinski definition) is 4. The van der Waals surface area contributed by atoms with Crippen LogP contribution in [0.2, 0.25) is 0 Å². The maximum absolute atomic E-state index is 13.0. The van der Waals surface area contributed by atoms with E-state index in [4.69, 9.17) is 4.74 Å². The van der Waals surface area contributed by atoms with Crippen LogP contribution in [0.3, 0.4) is 0 Å². The number of nitrogens with zero attached hydrogens (tertiary/aromatic N) is 3. The lowest BCUT2D eigenvalue weighted by Gasteiger charge is -2.31. The molecule has 0 aliphatic carbocycles. The summed E-state index contributed by atoms with van der Waals surface area (Å²) in [5.41, 5.74) is 3.30. The summed E-state index contributed by atoms with van der Waals surface area (Å²) in [5.74, 6) is 0.0706. The molecule has 0 bridgehead atoms. The van der Waals surface area contributed by atoms with Gasteiger partial charge in [-0.15, -0.1) is 5.10 Å². The first-order chi connectivity index (χ1) is 15.1. The fourth-order valence-corrected chi connectivity index (χ4v) is 3.98. The van der Waals surface area contributed by atoms with Crippen LogP contribution in [0.1, 0.15) is 23.2 Å². The lowest BCUT2D eigenvalue weighted by molar-refractivity contribution is -0.121. The molecular weight excluding hydrogens is 392 g/mol. The van der Waals surface area contributed by atoms with E-state index in [1.54, 1.807) is 22.8 Å². The Hall–Kier alpha value is -3.61. The summed E-state index contributed by atoms with van der Waals surface area (Å²) < 4.78 is 6.77. The van der Waals surface area contributed by atoms with Gasteiger partial charge in [-0.25, -0.2) is 0 Å². The van der Waals surface area contributed by atoms with Gasteiger partial charge < -0.3 is 15.0 Å². The number of carbonyl (C=O) groups is 2. The number of hydrogen-bond donors (Lipinski definition) is 1. The second-order valence-electron chi connectivity index (χ2n) is 7.69. The molecule has 0 atom stereocenters. The lowest BCUT2D eigenvalue weighted by Crippen LogP contribution is -2.41. The van der Waals surface area contributed by atoms with E-state index < -0.39 is 0 Å². The molecule has 2 amide bonds. The topological polar surface area (TPSA) is 76.5 Å². The number of amides is 2. The Labute approximate surface area is 181 Å². The minimum atomic E-state index is -0.135. The normalized spacial score (nSPS) is 14.3. The minimum Gasteiger partial charge on any atom is -0.479 e. The first-order valence-corrected chi connectivity index (χ1v) is 10.4. The van der Waals surface area contributed by atoms with Gasteiger partial charge in [-0.1, -0.05) is 48.5 Å². The van der Waals surface area contributed by atoms with Crippen molar-refractivity contribution in [2.45, 2.75) is 12.8 Å². The molecule has 1 aliphatic heterocycles. The second-order valence-corrected chi connectivity index (χ2v) is 7.69. The zero-order valence-corrected chi connectivity index (χ0v) is 17.7. The van der Waals surface area contributed by atoms with E-state index in [2.05, 4.69) is 10.4 Å². The van der Waals surface area contributed by atoms with Gasteiger partial charge in [-0.3, -0.25) is 14.3 Å². The van der Waals surface area contributed by atoms with Crippen LogP contribution in [0.25, 0.3) is 11.1 Å². The van der Waals surface area contributed by atoms with Gasteiger partial charge in [-0.05, 0) is 24.5 Å². The van der Waals surface area contributed by atoms with Crippen molar-refractivity contribution < 1.29 is 14.3 Å². The Balaban J connectivity index is 1.40. The molecule has 0 saturated carbocycles. The van der Waals surface area contributed by atoms with Crippen LogP contribution in [0.15, 0.2) is 60.8 Å². The Kier molecular flexibility index (Phi) is 6.02. The number of aromatic nitrogens is 2.